The molecule has 0 amide bonds. The van der Waals surface area contributed by atoms with Gasteiger partial charge in [-0.2, -0.15) is 0 Å². The molecule has 0 bridgehead atoms. The van der Waals surface area contributed by atoms with E-state index >= 15 is 0 Å². The van der Waals surface area contributed by atoms with Crippen molar-refractivity contribution in [2.45, 2.75) is 51.4 Å². The van der Waals surface area contributed by atoms with Crippen LogP contribution in [0.3, 0.4) is 0 Å². The predicted octanol–water partition coefficient (Wildman–Crippen LogP) is 5.17. The number of benzene rings is 1. The number of fused-ring (bicyclic) bond motifs is 2. The number of anilines is 1. The molecule has 1 aliphatic rings. The van der Waals surface area contributed by atoms with Gasteiger partial charge in [-0.1, -0.05) is 30.3 Å². The zero-order valence-electron chi connectivity index (χ0n) is 19.6. The highest BCUT2D eigenvalue weighted by Crippen LogP contribution is 2.25. The molecule has 6 heteroatoms. The number of carbonyl (C=O) groups is 2. The number of nitrogens with zero attached hydrogens (tertiary/aromatic N) is 2. The first-order valence-electron chi connectivity index (χ1n) is 12.1. The van der Waals surface area contributed by atoms with Crippen molar-refractivity contribution in [3.8, 4) is 0 Å². The second-order valence-electron chi connectivity index (χ2n) is 8.60. The number of pyridine rings is 2. The number of aromatic nitrogens is 2. The second kappa shape index (κ2) is 11.5. The first kappa shape index (κ1) is 23.6. The van der Waals surface area contributed by atoms with Gasteiger partial charge in [-0.05, 0) is 68.0 Å². The van der Waals surface area contributed by atoms with E-state index in [1.807, 2.05) is 36.4 Å². The molecule has 0 radical (unpaired) electrons. The molecule has 1 unspecified atom stereocenters. The molecular formula is C28H31N3O3. The van der Waals surface area contributed by atoms with Crippen molar-refractivity contribution in [1.82, 2.24) is 9.97 Å². The highest BCUT2D eigenvalue weighted by atomic mass is 16.5. The van der Waals surface area contributed by atoms with Crippen LogP contribution in [0.5, 0.6) is 0 Å². The van der Waals surface area contributed by atoms with E-state index in [1.54, 1.807) is 19.2 Å². The molecule has 34 heavy (non-hydrogen) atoms. The van der Waals surface area contributed by atoms with E-state index in [9.17, 15) is 9.59 Å². The molecule has 3 heterocycles. The summed E-state index contributed by atoms with van der Waals surface area (Å²) in [5, 5.41) is 4.35. The number of ether oxygens (including phenoxy) is 1. The molecule has 0 spiro atoms. The fraction of sp³-hybridized carbons (Fsp3) is 0.357. The quantitative estimate of drug-likeness (QED) is 0.334. The number of carbonyl (C=O) groups excluding carboxylic acids is 2. The second-order valence-corrected chi connectivity index (χ2v) is 8.60. The van der Waals surface area contributed by atoms with Gasteiger partial charge in [0.05, 0.1) is 18.5 Å². The Bertz CT molecular complexity index is 1190. The number of ketones is 1. The molecule has 176 valence electrons. The van der Waals surface area contributed by atoms with Crippen LogP contribution in [0.2, 0.25) is 0 Å². The maximum absolute atomic E-state index is 12.6. The number of esters is 1. The molecule has 0 saturated carbocycles. The van der Waals surface area contributed by atoms with Gasteiger partial charge in [-0.3, -0.25) is 14.6 Å². The minimum atomic E-state index is -0.287. The molecule has 0 fully saturated rings. The zero-order valence-corrected chi connectivity index (χ0v) is 19.6. The van der Waals surface area contributed by atoms with Crippen LogP contribution in [0.15, 0.2) is 60.8 Å². The molecule has 1 N–H and O–H groups in total. The van der Waals surface area contributed by atoms with Gasteiger partial charge in [0.15, 0.2) is 5.78 Å². The van der Waals surface area contributed by atoms with Crippen molar-refractivity contribution in [2.75, 3.05) is 18.5 Å². The summed E-state index contributed by atoms with van der Waals surface area (Å²) in [6, 6.07) is 14.1. The van der Waals surface area contributed by atoms with Gasteiger partial charge in [0, 0.05) is 36.2 Å². The van der Waals surface area contributed by atoms with Crippen molar-refractivity contribution in [2.24, 2.45) is 0 Å². The van der Waals surface area contributed by atoms with Crippen molar-refractivity contribution < 1.29 is 14.3 Å². The van der Waals surface area contributed by atoms with Crippen LogP contribution < -0.4 is 5.32 Å². The summed E-state index contributed by atoms with van der Waals surface area (Å²) in [4.78, 5) is 34.0. The van der Waals surface area contributed by atoms with Crippen LogP contribution in [-0.2, 0) is 27.2 Å². The van der Waals surface area contributed by atoms with Crippen molar-refractivity contribution in [1.29, 1.82) is 0 Å². The lowest BCUT2D eigenvalue weighted by Gasteiger charge is -2.17. The largest absolute Gasteiger partial charge is 0.466 e. The third kappa shape index (κ3) is 6.28. The summed E-state index contributed by atoms with van der Waals surface area (Å²) in [7, 11) is 0. The van der Waals surface area contributed by atoms with E-state index in [4.69, 9.17) is 9.72 Å². The van der Waals surface area contributed by atoms with Gasteiger partial charge in [-0.25, -0.2) is 4.98 Å². The third-order valence-electron chi connectivity index (χ3n) is 6.05. The van der Waals surface area contributed by atoms with Gasteiger partial charge >= 0.3 is 5.97 Å². The molecule has 0 aliphatic carbocycles. The van der Waals surface area contributed by atoms with Crippen LogP contribution >= 0.6 is 0 Å². The van der Waals surface area contributed by atoms with Gasteiger partial charge in [-0.15, -0.1) is 0 Å². The summed E-state index contributed by atoms with van der Waals surface area (Å²) in [6.45, 7) is 3.08. The molecule has 4 rings (SSSR count). The monoisotopic (exact) mass is 457 g/mol. The Labute approximate surface area is 200 Å². The van der Waals surface area contributed by atoms with E-state index < -0.39 is 0 Å². The number of hydrogen-bond donors (Lipinski definition) is 1. The van der Waals surface area contributed by atoms with Crippen LogP contribution in [0.25, 0.3) is 10.9 Å². The van der Waals surface area contributed by atoms with E-state index in [1.165, 1.54) is 5.56 Å². The Balaban J connectivity index is 1.38. The van der Waals surface area contributed by atoms with Crippen molar-refractivity contribution in [3.63, 3.8) is 0 Å². The SMILES string of the molecule is CCOC(=O)CC(/C=C/C(=O)CCCc1ccc2c(n1)NCCC2)c1cnc2ccccc2c1. The summed E-state index contributed by atoms with van der Waals surface area (Å²) in [6.07, 6.45) is 9.49. The fourth-order valence-electron chi connectivity index (χ4n) is 4.25. The average molecular weight is 458 g/mol. The van der Waals surface area contributed by atoms with Crippen LogP contribution in [-0.4, -0.2) is 34.9 Å². The van der Waals surface area contributed by atoms with E-state index in [-0.39, 0.29) is 24.1 Å². The van der Waals surface area contributed by atoms with Crippen molar-refractivity contribution >= 4 is 28.5 Å². The van der Waals surface area contributed by atoms with E-state index in [0.29, 0.717) is 13.0 Å². The Morgan fingerprint density at radius 2 is 2.09 bits per heavy atom. The van der Waals surface area contributed by atoms with Gasteiger partial charge in [0.25, 0.3) is 0 Å². The van der Waals surface area contributed by atoms with Crippen LogP contribution in [0.4, 0.5) is 5.82 Å². The smallest absolute Gasteiger partial charge is 0.306 e. The van der Waals surface area contributed by atoms with Crippen molar-refractivity contribution in [3.05, 3.63) is 77.6 Å². The Morgan fingerprint density at radius 3 is 2.97 bits per heavy atom. The predicted molar refractivity (Wildman–Crippen MR) is 134 cm³/mol. The molecule has 3 aromatic rings. The first-order valence-corrected chi connectivity index (χ1v) is 12.1. The summed E-state index contributed by atoms with van der Waals surface area (Å²) in [5.41, 5.74) is 4.06. The lowest BCUT2D eigenvalue weighted by Crippen LogP contribution is -2.14. The summed E-state index contributed by atoms with van der Waals surface area (Å²) < 4.78 is 5.15. The standard InChI is InChI=1S/C28H31N3O3/c1-2-34-27(33)18-21(23-17-22-7-3-4-11-26(22)30-19-23)13-15-25(32)10-5-9-24-14-12-20-8-6-16-29-28(20)31-24/h3-4,7,11-15,17,19,21H,2,5-6,8-10,16,18H2,1H3,(H,29,31)/b15-13+. The molecule has 6 nitrogen and oxygen atoms in total. The number of nitrogens with one attached hydrogen (secondary N) is 1. The highest BCUT2D eigenvalue weighted by molar-refractivity contribution is 5.90. The van der Waals surface area contributed by atoms with Gasteiger partial charge in [0.2, 0.25) is 0 Å². The summed E-state index contributed by atoms with van der Waals surface area (Å²) >= 11 is 0. The number of para-hydroxylation sites is 1. The number of aryl methyl sites for hydroxylation is 2. The molecule has 1 aromatic carbocycles. The first-order chi connectivity index (χ1) is 16.6. The molecular weight excluding hydrogens is 426 g/mol. The Hall–Kier alpha value is -3.54. The topological polar surface area (TPSA) is 81.2 Å². The van der Waals surface area contributed by atoms with Gasteiger partial charge < -0.3 is 10.1 Å². The Kier molecular flexibility index (Phi) is 8.02. The lowest BCUT2D eigenvalue weighted by molar-refractivity contribution is -0.143. The normalized spacial score (nSPS) is 13.9. The maximum atomic E-state index is 12.6. The maximum Gasteiger partial charge on any atom is 0.306 e. The fourth-order valence-corrected chi connectivity index (χ4v) is 4.25. The average Bonchev–Trinajstić information content (AvgIpc) is 2.86. The minimum Gasteiger partial charge on any atom is -0.466 e. The number of hydrogen-bond acceptors (Lipinski definition) is 6. The minimum absolute atomic E-state index is 0.0405. The van der Waals surface area contributed by atoms with E-state index in [2.05, 4.69) is 22.4 Å². The molecule has 1 atom stereocenters. The van der Waals surface area contributed by atoms with Crippen LogP contribution in [0.1, 0.15) is 55.3 Å². The summed E-state index contributed by atoms with van der Waals surface area (Å²) in [5.74, 6) is 0.470. The molecule has 2 aromatic heterocycles. The van der Waals surface area contributed by atoms with Gasteiger partial charge in [0.1, 0.15) is 5.82 Å². The highest BCUT2D eigenvalue weighted by Gasteiger charge is 2.16. The zero-order chi connectivity index (χ0) is 23.8. The molecule has 1 aliphatic heterocycles. The Morgan fingerprint density at radius 1 is 1.21 bits per heavy atom. The number of rotatable bonds is 10. The number of allylic oxidation sites excluding steroid dienone is 2. The van der Waals surface area contributed by atoms with Crippen LogP contribution in [0, 0.1) is 0 Å². The third-order valence-corrected chi connectivity index (χ3v) is 6.05. The molecule has 0 saturated heterocycles. The lowest BCUT2D eigenvalue weighted by atomic mass is 9.94. The van der Waals surface area contributed by atoms with E-state index in [0.717, 1.165) is 60.2 Å².